The van der Waals surface area contributed by atoms with Gasteiger partial charge in [0.15, 0.2) is 5.13 Å². The van der Waals surface area contributed by atoms with Gasteiger partial charge in [0, 0.05) is 18.0 Å². The van der Waals surface area contributed by atoms with E-state index in [2.05, 4.69) is 15.4 Å². The van der Waals surface area contributed by atoms with Crippen LogP contribution in [0.2, 0.25) is 0 Å². The summed E-state index contributed by atoms with van der Waals surface area (Å²) in [4.78, 5) is 27.6. The highest BCUT2D eigenvalue weighted by Gasteiger charge is 2.13. The molecular formula is C17H17N5O2S2. The molecule has 2 amide bonds. The van der Waals surface area contributed by atoms with Gasteiger partial charge >= 0.3 is 0 Å². The van der Waals surface area contributed by atoms with Gasteiger partial charge < -0.3 is 5.73 Å². The van der Waals surface area contributed by atoms with E-state index >= 15 is 0 Å². The second kappa shape index (κ2) is 8.15. The largest absolute Gasteiger partial charge is 0.369 e. The van der Waals surface area contributed by atoms with Gasteiger partial charge in [-0.15, -0.1) is 11.8 Å². The van der Waals surface area contributed by atoms with E-state index in [9.17, 15) is 9.59 Å². The number of nitrogens with one attached hydrogen (secondary N) is 1. The third-order valence-electron chi connectivity index (χ3n) is 3.44. The quantitative estimate of drug-likeness (QED) is 0.607. The lowest BCUT2D eigenvalue weighted by atomic mass is 10.1. The van der Waals surface area contributed by atoms with Crippen LogP contribution in [0.3, 0.4) is 0 Å². The van der Waals surface area contributed by atoms with Crippen LogP contribution in [0.4, 0.5) is 5.13 Å². The number of benzene rings is 1. The minimum absolute atomic E-state index is 0.189. The highest BCUT2D eigenvalue weighted by molar-refractivity contribution is 8.01. The molecule has 0 saturated heterocycles. The van der Waals surface area contributed by atoms with Gasteiger partial charge in [0.2, 0.25) is 5.91 Å². The number of amides is 2. The minimum atomic E-state index is -0.386. The van der Waals surface area contributed by atoms with Crippen molar-refractivity contribution < 1.29 is 9.59 Å². The molecule has 134 valence electrons. The van der Waals surface area contributed by atoms with Crippen LogP contribution in [0, 0.1) is 6.92 Å². The first-order chi connectivity index (χ1) is 12.5. The Morgan fingerprint density at radius 1 is 1.31 bits per heavy atom. The van der Waals surface area contributed by atoms with E-state index in [0.717, 1.165) is 15.5 Å². The molecule has 0 saturated carbocycles. The SMILES string of the molecule is Cc1nc(NC(=O)c2ccc(Cn3cccn3)cc2)sc1SCC(N)=O. The third-order valence-corrected chi connectivity index (χ3v) is 5.90. The number of carbonyl (C=O) groups is 2. The van der Waals surface area contributed by atoms with Crippen molar-refractivity contribution in [3.63, 3.8) is 0 Å². The summed E-state index contributed by atoms with van der Waals surface area (Å²) < 4.78 is 2.69. The van der Waals surface area contributed by atoms with Crippen LogP contribution in [-0.4, -0.2) is 32.3 Å². The maximum Gasteiger partial charge on any atom is 0.257 e. The number of nitrogens with zero attached hydrogens (tertiary/aromatic N) is 3. The Morgan fingerprint density at radius 2 is 2.08 bits per heavy atom. The highest BCUT2D eigenvalue weighted by atomic mass is 32.2. The van der Waals surface area contributed by atoms with Crippen molar-refractivity contribution in [2.45, 2.75) is 17.7 Å². The van der Waals surface area contributed by atoms with Gasteiger partial charge in [-0.2, -0.15) is 5.10 Å². The fourth-order valence-corrected chi connectivity index (χ4v) is 4.09. The lowest BCUT2D eigenvalue weighted by Crippen LogP contribution is -2.12. The number of aromatic nitrogens is 3. The Kier molecular flexibility index (Phi) is 5.69. The number of hydrogen-bond donors (Lipinski definition) is 2. The summed E-state index contributed by atoms with van der Waals surface area (Å²) in [5, 5.41) is 7.45. The Hall–Kier alpha value is -2.65. The summed E-state index contributed by atoms with van der Waals surface area (Å²) >= 11 is 2.66. The van der Waals surface area contributed by atoms with E-state index in [4.69, 9.17) is 5.73 Å². The smallest absolute Gasteiger partial charge is 0.257 e. The Labute approximate surface area is 158 Å². The lowest BCUT2D eigenvalue weighted by Gasteiger charge is -2.05. The normalized spacial score (nSPS) is 10.7. The molecule has 26 heavy (non-hydrogen) atoms. The van der Waals surface area contributed by atoms with Crippen LogP contribution in [0.5, 0.6) is 0 Å². The number of anilines is 1. The molecule has 0 atom stereocenters. The van der Waals surface area contributed by atoms with Crippen molar-refractivity contribution in [1.29, 1.82) is 0 Å². The molecule has 0 aliphatic carbocycles. The Bertz CT molecular complexity index is 904. The number of thioether (sulfide) groups is 1. The van der Waals surface area contributed by atoms with Crippen LogP contribution in [0.1, 0.15) is 21.6 Å². The summed E-state index contributed by atoms with van der Waals surface area (Å²) in [5.41, 5.74) is 7.53. The van der Waals surface area contributed by atoms with Gasteiger partial charge in [-0.1, -0.05) is 23.5 Å². The fraction of sp³-hybridized carbons (Fsp3) is 0.176. The monoisotopic (exact) mass is 387 g/mol. The third kappa shape index (κ3) is 4.70. The van der Waals surface area contributed by atoms with E-state index in [1.54, 1.807) is 18.3 Å². The number of primary amides is 1. The number of hydrogen-bond acceptors (Lipinski definition) is 6. The van der Waals surface area contributed by atoms with Gasteiger partial charge in [0.25, 0.3) is 5.91 Å². The van der Waals surface area contributed by atoms with E-state index in [-0.39, 0.29) is 17.6 Å². The molecule has 0 spiro atoms. The first kappa shape index (κ1) is 18.2. The molecule has 0 unspecified atom stereocenters. The van der Waals surface area contributed by atoms with Gasteiger partial charge in [0.1, 0.15) is 0 Å². The fourth-order valence-electron chi connectivity index (χ4n) is 2.22. The molecule has 3 N–H and O–H groups in total. The molecule has 2 aromatic heterocycles. The predicted molar refractivity (Wildman–Crippen MR) is 102 cm³/mol. The molecule has 2 heterocycles. The van der Waals surface area contributed by atoms with Crippen LogP contribution < -0.4 is 11.1 Å². The van der Waals surface area contributed by atoms with Crippen LogP contribution in [0.15, 0.2) is 46.9 Å². The zero-order valence-corrected chi connectivity index (χ0v) is 15.6. The summed E-state index contributed by atoms with van der Waals surface area (Å²) in [5.74, 6) is -0.423. The van der Waals surface area contributed by atoms with Crippen LogP contribution >= 0.6 is 23.1 Å². The van der Waals surface area contributed by atoms with Gasteiger partial charge in [-0.3, -0.25) is 19.6 Å². The molecule has 3 aromatic rings. The van der Waals surface area contributed by atoms with Crippen molar-refractivity contribution in [1.82, 2.24) is 14.8 Å². The second-order valence-corrected chi connectivity index (χ2v) is 7.74. The first-order valence-corrected chi connectivity index (χ1v) is 9.58. The van der Waals surface area contributed by atoms with Crippen molar-refractivity contribution in [2.24, 2.45) is 5.73 Å². The van der Waals surface area contributed by atoms with Crippen molar-refractivity contribution >= 4 is 40.0 Å². The van der Waals surface area contributed by atoms with Gasteiger partial charge in [0.05, 0.1) is 22.2 Å². The lowest BCUT2D eigenvalue weighted by molar-refractivity contribution is -0.115. The summed E-state index contributed by atoms with van der Waals surface area (Å²) in [6.45, 7) is 2.49. The van der Waals surface area contributed by atoms with Crippen molar-refractivity contribution in [2.75, 3.05) is 11.1 Å². The first-order valence-electron chi connectivity index (χ1n) is 7.77. The maximum atomic E-state index is 12.4. The van der Waals surface area contributed by atoms with Gasteiger partial charge in [-0.05, 0) is 30.7 Å². The van der Waals surface area contributed by atoms with Gasteiger partial charge in [-0.25, -0.2) is 4.98 Å². The zero-order chi connectivity index (χ0) is 18.5. The molecule has 0 bridgehead atoms. The number of nitrogens with two attached hydrogens (primary N) is 1. The average Bonchev–Trinajstić information content (AvgIpc) is 3.23. The molecule has 0 fully saturated rings. The van der Waals surface area contributed by atoms with Crippen LogP contribution in [-0.2, 0) is 11.3 Å². The molecule has 1 aromatic carbocycles. The average molecular weight is 387 g/mol. The van der Waals surface area contributed by atoms with E-state index in [1.165, 1.54) is 23.1 Å². The number of rotatable bonds is 7. The van der Waals surface area contributed by atoms with E-state index < -0.39 is 0 Å². The Balaban J connectivity index is 1.62. The molecule has 0 aliphatic rings. The molecule has 9 heteroatoms. The Morgan fingerprint density at radius 3 is 2.73 bits per heavy atom. The molecule has 7 nitrogen and oxygen atoms in total. The minimum Gasteiger partial charge on any atom is -0.369 e. The summed E-state index contributed by atoms with van der Waals surface area (Å²) in [6, 6.07) is 9.22. The highest BCUT2D eigenvalue weighted by Crippen LogP contribution is 2.32. The number of thiazole rings is 1. The van der Waals surface area contributed by atoms with Crippen LogP contribution in [0.25, 0.3) is 0 Å². The number of carbonyl (C=O) groups excluding carboxylic acids is 2. The maximum absolute atomic E-state index is 12.4. The zero-order valence-electron chi connectivity index (χ0n) is 14.0. The second-order valence-electron chi connectivity index (χ2n) is 5.50. The van der Waals surface area contributed by atoms with E-state index in [0.29, 0.717) is 17.2 Å². The topological polar surface area (TPSA) is 103 Å². The predicted octanol–water partition coefficient (Wildman–Crippen LogP) is 2.53. The summed E-state index contributed by atoms with van der Waals surface area (Å²) in [6.07, 6.45) is 3.62. The number of aryl methyl sites for hydroxylation is 1. The van der Waals surface area contributed by atoms with E-state index in [1.807, 2.05) is 36.0 Å². The molecular weight excluding hydrogens is 370 g/mol. The van der Waals surface area contributed by atoms with Crippen molar-refractivity contribution in [3.8, 4) is 0 Å². The van der Waals surface area contributed by atoms with Crippen molar-refractivity contribution in [3.05, 3.63) is 59.5 Å². The standard InChI is InChI=1S/C17H17N5O2S2/c1-11-16(25-10-14(18)23)26-17(20-11)21-15(24)13-5-3-12(4-6-13)9-22-8-2-7-19-22/h2-8H,9-10H2,1H3,(H2,18,23)(H,20,21,24). The molecule has 0 radical (unpaired) electrons. The molecule has 3 rings (SSSR count). The molecule has 0 aliphatic heterocycles. The summed E-state index contributed by atoms with van der Waals surface area (Å²) in [7, 11) is 0.